The molecule has 0 aliphatic heterocycles. The summed E-state index contributed by atoms with van der Waals surface area (Å²) in [4.78, 5) is 0. The van der Waals surface area contributed by atoms with Crippen molar-refractivity contribution >= 4 is 72.1 Å². The van der Waals surface area contributed by atoms with Crippen LogP contribution < -0.4 is 14.2 Å². The minimum absolute atomic E-state index is 0.691. The highest BCUT2D eigenvalue weighted by Crippen LogP contribution is 2.33. The maximum atomic E-state index is 6.43. The summed E-state index contributed by atoms with van der Waals surface area (Å²) < 4.78 is 21.9. The van der Waals surface area contributed by atoms with Gasteiger partial charge in [-0.15, -0.1) is 0 Å². The van der Waals surface area contributed by atoms with Crippen LogP contribution in [0.25, 0.3) is 24.3 Å². The van der Waals surface area contributed by atoms with E-state index in [1.54, 1.807) is 0 Å². The van der Waals surface area contributed by atoms with Gasteiger partial charge in [0.05, 0.1) is 19.8 Å². The van der Waals surface area contributed by atoms with E-state index in [-0.39, 0.29) is 0 Å². The van der Waals surface area contributed by atoms with Crippen LogP contribution in [-0.2, 0) is 0 Å². The Balaban J connectivity index is 1.86. The molecule has 0 aliphatic carbocycles. The summed E-state index contributed by atoms with van der Waals surface area (Å²) in [5.74, 6) is 2.67. The van der Waals surface area contributed by atoms with Gasteiger partial charge in [0.25, 0.3) is 0 Å². The number of ether oxygens (including phenoxy) is 3. The van der Waals surface area contributed by atoms with Gasteiger partial charge in [0.1, 0.15) is 17.2 Å². The highest BCUT2D eigenvalue weighted by Gasteiger charge is 2.10. The van der Waals surface area contributed by atoms with Crippen LogP contribution in [0.2, 0.25) is 0 Å². The molecule has 0 radical (unpaired) electrons. The largest absolute Gasteiger partial charge is 0.493 e. The van der Waals surface area contributed by atoms with E-state index in [9.17, 15) is 0 Å². The van der Waals surface area contributed by atoms with Gasteiger partial charge >= 0.3 is 0 Å². The zero-order valence-corrected chi connectivity index (χ0v) is 32.7. The Kier molecular flexibility index (Phi) is 18.8. The molecule has 0 fully saturated rings. The SMILES string of the molecule is CCCCCCOc1ccc(Br)cc1/C=C/c1cc(OCCCCCC)c(/C=C/c2cc(Br)ccc2OCCCCCC)cc1Br. The average Bonchev–Trinajstić information content (AvgIpc) is 3.05. The van der Waals surface area contributed by atoms with Crippen molar-refractivity contribution < 1.29 is 14.2 Å². The monoisotopic (exact) mass is 816 g/mol. The molecule has 0 aromatic heterocycles. The van der Waals surface area contributed by atoms with Crippen molar-refractivity contribution in [1.29, 1.82) is 0 Å². The molecule has 0 saturated heterocycles. The lowest BCUT2D eigenvalue weighted by atomic mass is 10.1. The minimum atomic E-state index is 0.691. The second kappa shape index (κ2) is 22.5. The van der Waals surface area contributed by atoms with E-state index in [1.165, 1.54) is 57.8 Å². The first-order valence-electron chi connectivity index (χ1n) is 17.1. The first-order chi connectivity index (χ1) is 22.4. The Hall–Kier alpha value is -2.02. The van der Waals surface area contributed by atoms with Crippen molar-refractivity contribution in [2.45, 2.75) is 97.8 Å². The number of benzene rings is 3. The molecule has 0 N–H and O–H groups in total. The predicted octanol–water partition coefficient (Wildman–Crippen LogP) is 14.2. The number of hydrogen-bond acceptors (Lipinski definition) is 3. The van der Waals surface area contributed by atoms with Crippen molar-refractivity contribution in [3.8, 4) is 17.2 Å². The maximum absolute atomic E-state index is 6.43. The van der Waals surface area contributed by atoms with E-state index in [1.807, 2.05) is 24.3 Å². The summed E-state index contributed by atoms with van der Waals surface area (Å²) in [6.07, 6.45) is 22.6. The van der Waals surface area contributed by atoms with Gasteiger partial charge in [-0.05, 0) is 73.4 Å². The molecule has 0 atom stereocenters. The topological polar surface area (TPSA) is 27.7 Å². The molecule has 0 unspecified atom stereocenters. The van der Waals surface area contributed by atoms with Gasteiger partial charge in [-0.25, -0.2) is 0 Å². The van der Waals surface area contributed by atoms with Gasteiger partial charge in [-0.3, -0.25) is 0 Å². The molecule has 0 spiro atoms. The van der Waals surface area contributed by atoms with Gasteiger partial charge in [0.15, 0.2) is 0 Å². The Morgan fingerprint density at radius 1 is 0.435 bits per heavy atom. The molecule has 3 aromatic rings. The smallest absolute Gasteiger partial charge is 0.127 e. The third-order valence-electron chi connectivity index (χ3n) is 7.72. The molecule has 6 heteroatoms. The molecule has 0 heterocycles. The second-order valence-electron chi connectivity index (χ2n) is 11.7. The number of unbranched alkanes of at least 4 members (excludes halogenated alkanes) is 9. The fourth-order valence-electron chi connectivity index (χ4n) is 5.02. The quantitative estimate of drug-likeness (QED) is 0.0747. The highest BCUT2D eigenvalue weighted by molar-refractivity contribution is 9.11. The van der Waals surface area contributed by atoms with Crippen LogP contribution in [0, 0.1) is 0 Å². The van der Waals surface area contributed by atoms with E-state index >= 15 is 0 Å². The summed E-state index contributed by atoms with van der Waals surface area (Å²) in [6.45, 7) is 8.84. The Morgan fingerprint density at radius 3 is 1.26 bits per heavy atom. The van der Waals surface area contributed by atoms with Crippen LogP contribution >= 0.6 is 47.8 Å². The lowest BCUT2D eigenvalue weighted by molar-refractivity contribution is 0.304. The van der Waals surface area contributed by atoms with E-state index in [0.29, 0.717) is 6.61 Å². The Labute approximate surface area is 303 Å². The zero-order valence-electron chi connectivity index (χ0n) is 27.9. The van der Waals surface area contributed by atoms with E-state index < -0.39 is 0 Å². The van der Waals surface area contributed by atoms with Crippen LogP contribution in [0.15, 0.2) is 61.9 Å². The lowest BCUT2D eigenvalue weighted by Gasteiger charge is -2.13. The van der Waals surface area contributed by atoms with Crippen molar-refractivity contribution in [3.05, 3.63) is 84.2 Å². The van der Waals surface area contributed by atoms with Crippen molar-refractivity contribution in [2.24, 2.45) is 0 Å². The number of rotatable bonds is 22. The molecule has 0 amide bonds. The number of hydrogen-bond donors (Lipinski definition) is 0. The Morgan fingerprint density at radius 2 is 0.826 bits per heavy atom. The maximum Gasteiger partial charge on any atom is 0.127 e. The van der Waals surface area contributed by atoms with Gasteiger partial charge in [0, 0.05) is 30.1 Å². The zero-order chi connectivity index (χ0) is 33.0. The van der Waals surface area contributed by atoms with Crippen LogP contribution in [0.3, 0.4) is 0 Å². The summed E-state index contributed by atoms with van der Waals surface area (Å²) in [5.41, 5.74) is 4.15. The van der Waals surface area contributed by atoms with Gasteiger partial charge < -0.3 is 14.2 Å². The third-order valence-corrected chi connectivity index (χ3v) is 9.40. The van der Waals surface area contributed by atoms with E-state index in [4.69, 9.17) is 14.2 Å². The normalized spacial score (nSPS) is 11.5. The molecular weight excluding hydrogens is 768 g/mol. The van der Waals surface area contributed by atoms with Crippen LogP contribution in [0.4, 0.5) is 0 Å². The average molecular weight is 820 g/mol. The molecule has 46 heavy (non-hydrogen) atoms. The van der Waals surface area contributed by atoms with Crippen molar-refractivity contribution in [1.82, 2.24) is 0 Å². The van der Waals surface area contributed by atoms with Crippen LogP contribution in [-0.4, -0.2) is 19.8 Å². The number of halogens is 3. The Bertz CT molecular complexity index is 1380. The fraction of sp³-hybridized carbons (Fsp3) is 0.450. The standard InChI is InChI=1S/C40H51Br3O3/c1-4-7-10-13-24-44-38-22-20-35(41)27-32(38)17-16-31-30-40(46-26-15-12-9-6-3)34(29-37(31)43)19-18-33-28-36(42)21-23-39(33)45-25-14-11-8-5-2/h16-23,27-30H,4-15,24-26H2,1-3H3/b17-16+,19-18+. The fourth-order valence-corrected chi connectivity index (χ4v) is 6.27. The molecule has 3 nitrogen and oxygen atoms in total. The van der Waals surface area contributed by atoms with Crippen molar-refractivity contribution in [3.63, 3.8) is 0 Å². The van der Waals surface area contributed by atoms with Gasteiger partial charge in [-0.2, -0.15) is 0 Å². The molecular formula is C40H51Br3O3. The molecule has 3 aromatic carbocycles. The lowest BCUT2D eigenvalue weighted by Crippen LogP contribution is -2.00. The summed E-state index contributed by atoms with van der Waals surface area (Å²) in [6, 6.07) is 16.7. The summed E-state index contributed by atoms with van der Waals surface area (Å²) >= 11 is 11.1. The van der Waals surface area contributed by atoms with Crippen LogP contribution in [0.5, 0.6) is 17.2 Å². The van der Waals surface area contributed by atoms with Gasteiger partial charge in [0.2, 0.25) is 0 Å². The molecule has 0 aliphatic rings. The molecule has 0 saturated carbocycles. The second-order valence-corrected chi connectivity index (χ2v) is 14.4. The molecule has 250 valence electrons. The first-order valence-corrected chi connectivity index (χ1v) is 19.5. The van der Waals surface area contributed by atoms with Crippen LogP contribution in [0.1, 0.15) is 120 Å². The molecule has 3 rings (SSSR count). The first kappa shape index (κ1) is 38.4. The van der Waals surface area contributed by atoms with E-state index in [0.717, 1.165) is 85.4 Å². The highest BCUT2D eigenvalue weighted by atomic mass is 79.9. The third kappa shape index (κ3) is 14.0. The van der Waals surface area contributed by atoms with E-state index in [2.05, 4.69) is 117 Å². The summed E-state index contributed by atoms with van der Waals surface area (Å²) in [5, 5.41) is 0. The van der Waals surface area contributed by atoms with Gasteiger partial charge in [-0.1, -0.05) is 151 Å². The van der Waals surface area contributed by atoms with Crippen molar-refractivity contribution in [2.75, 3.05) is 19.8 Å². The molecule has 0 bridgehead atoms. The summed E-state index contributed by atoms with van der Waals surface area (Å²) in [7, 11) is 0. The predicted molar refractivity (Wildman–Crippen MR) is 209 cm³/mol. The minimum Gasteiger partial charge on any atom is -0.493 e.